The number of rotatable bonds is 7. The lowest BCUT2D eigenvalue weighted by Crippen LogP contribution is -3.10. The third-order valence-electron chi connectivity index (χ3n) is 3.56. The van der Waals surface area contributed by atoms with E-state index in [1.165, 1.54) is 43.0 Å². The summed E-state index contributed by atoms with van der Waals surface area (Å²) < 4.78 is 11.1. The Balaban J connectivity index is 2.06. The average Bonchev–Trinajstić information content (AvgIpc) is 2.94. The molecule has 0 spiro atoms. The molecule has 6 heteroatoms. The van der Waals surface area contributed by atoms with Gasteiger partial charge in [-0.05, 0) is 19.1 Å². The minimum Gasteiger partial charge on any atom is -0.545 e. The summed E-state index contributed by atoms with van der Waals surface area (Å²) in [7, 11) is 0. The molecule has 0 radical (unpaired) electrons. The van der Waals surface area contributed by atoms with Crippen LogP contribution in [0.15, 0.2) is 12.1 Å². The van der Waals surface area contributed by atoms with Gasteiger partial charge in [0.2, 0.25) is 0 Å². The molecule has 1 saturated heterocycles. The Morgan fingerprint density at radius 1 is 1.33 bits per heavy atom. The average molecular weight is 314 g/mol. The SMILES string of the molecule is CCOc1cc(C(=O)[O-])cc(Cl)c1OCC[NH+]1CCCC1. The molecule has 0 aliphatic carbocycles. The van der Waals surface area contributed by atoms with Gasteiger partial charge in [-0.15, -0.1) is 0 Å². The molecule has 1 aromatic carbocycles. The molecule has 1 aliphatic rings. The second kappa shape index (κ2) is 7.52. The fourth-order valence-electron chi connectivity index (χ4n) is 2.51. The standard InChI is InChI=1S/C15H20ClNO4/c1-2-20-13-10-11(15(18)19)9-12(16)14(13)21-8-7-17-5-3-4-6-17/h9-10H,2-8H2,1H3,(H,18,19). The summed E-state index contributed by atoms with van der Waals surface area (Å²) in [6, 6.07) is 2.72. The highest BCUT2D eigenvalue weighted by Gasteiger charge is 2.17. The highest BCUT2D eigenvalue weighted by atomic mass is 35.5. The number of aromatic carboxylic acids is 1. The first-order valence-corrected chi connectivity index (χ1v) is 7.63. The lowest BCUT2D eigenvalue weighted by molar-refractivity contribution is -0.887. The van der Waals surface area contributed by atoms with E-state index in [1.54, 1.807) is 0 Å². The highest BCUT2D eigenvalue weighted by Crippen LogP contribution is 2.36. The van der Waals surface area contributed by atoms with Crippen molar-refractivity contribution in [2.75, 3.05) is 32.8 Å². The molecule has 0 bridgehead atoms. The molecule has 0 aromatic heterocycles. The van der Waals surface area contributed by atoms with Crippen LogP contribution >= 0.6 is 11.6 Å². The van der Waals surface area contributed by atoms with E-state index in [0.717, 1.165) is 6.54 Å². The number of hydrogen-bond donors (Lipinski definition) is 1. The van der Waals surface area contributed by atoms with Crippen LogP contribution in [0.1, 0.15) is 30.1 Å². The molecule has 2 rings (SSSR count). The van der Waals surface area contributed by atoms with Crippen LogP contribution in [-0.4, -0.2) is 38.8 Å². The zero-order valence-corrected chi connectivity index (χ0v) is 12.9. The van der Waals surface area contributed by atoms with Crippen LogP contribution in [0.5, 0.6) is 11.5 Å². The molecule has 0 saturated carbocycles. The van der Waals surface area contributed by atoms with Crippen molar-refractivity contribution in [1.29, 1.82) is 0 Å². The van der Waals surface area contributed by atoms with Gasteiger partial charge in [0, 0.05) is 18.4 Å². The van der Waals surface area contributed by atoms with E-state index in [-0.39, 0.29) is 10.6 Å². The molecule has 1 fully saturated rings. The maximum Gasteiger partial charge on any atom is 0.180 e. The summed E-state index contributed by atoms with van der Waals surface area (Å²) >= 11 is 6.11. The zero-order valence-electron chi connectivity index (χ0n) is 12.1. The van der Waals surface area contributed by atoms with Crippen molar-refractivity contribution in [1.82, 2.24) is 0 Å². The van der Waals surface area contributed by atoms with Gasteiger partial charge in [0.05, 0.1) is 30.7 Å². The van der Waals surface area contributed by atoms with Crippen molar-refractivity contribution in [3.05, 3.63) is 22.7 Å². The third-order valence-corrected chi connectivity index (χ3v) is 3.84. The van der Waals surface area contributed by atoms with Crippen molar-refractivity contribution in [3.8, 4) is 11.5 Å². The zero-order chi connectivity index (χ0) is 15.2. The summed E-state index contributed by atoms with van der Waals surface area (Å²) in [5, 5.41) is 11.2. The van der Waals surface area contributed by atoms with E-state index in [0.29, 0.717) is 24.7 Å². The molecule has 1 N–H and O–H groups in total. The Kier molecular flexibility index (Phi) is 5.70. The number of carboxylic acids is 1. The summed E-state index contributed by atoms with van der Waals surface area (Å²) in [4.78, 5) is 12.5. The number of benzene rings is 1. The van der Waals surface area contributed by atoms with Gasteiger partial charge in [-0.1, -0.05) is 11.6 Å². The van der Waals surface area contributed by atoms with Crippen molar-refractivity contribution < 1.29 is 24.3 Å². The van der Waals surface area contributed by atoms with Gasteiger partial charge >= 0.3 is 0 Å². The monoisotopic (exact) mass is 313 g/mol. The largest absolute Gasteiger partial charge is 0.545 e. The minimum atomic E-state index is -1.29. The number of carbonyl (C=O) groups excluding carboxylic acids is 1. The van der Waals surface area contributed by atoms with Crippen LogP contribution in [0.3, 0.4) is 0 Å². The van der Waals surface area contributed by atoms with Gasteiger partial charge in [-0.2, -0.15) is 0 Å². The maximum atomic E-state index is 10.9. The van der Waals surface area contributed by atoms with Gasteiger partial charge in [-0.3, -0.25) is 0 Å². The van der Waals surface area contributed by atoms with Gasteiger partial charge in [-0.25, -0.2) is 0 Å². The molecular formula is C15H20ClNO4. The first kappa shape index (κ1) is 15.9. The van der Waals surface area contributed by atoms with E-state index < -0.39 is 5.97 Å². The molecule has 0 amide bonds. The Morgan fingerprint density at radius 3 is 2.67 bits per heavy atom. The highest BCUT2D eigenvalue weighted by molar-refractivity contribution is 6.32. The van der Waals surface area contributed by atoms with Crippen LogP contribution < -0.4 is 19.5 Å². The fourth-order valence-corrected chi connectivity index (χ4v) is 2.78. The quantitative estimate of drug-likeness (QED) is 0.779. The molecule has 21 heavy (non-hydrogen) atoms. The maximum absolute atomic E-state index is 10.9. The minimum absolute atomic E-state index is 0.0130. The number of nitrogens with one attached hydrogen (secondary N) is 1. The molecule has 1 heterocycles. The lowest BCUT2D eigenvalue weighted by atomic mass is 10.2. The van der Waals surface area contributed by atoms with Crippen molar-refractivity contribution in [2.45, 2.75) is 19.8 Å². The number of hydrogen-bond acceptors (Lipinski definition) is 4. The van der Waals surface area contributed by atoms with Crippen LogP contribution in [0, 0.1) is 0 Å². The smallest absolute Gasteiger partial charge is 0.180 e. The van der Waals surface area contributed by atoms with Gasteiger partial charge < -0.3 is 24.3 Å². The summed E-state index contributed by atoms with van der Waals surface area (Å²) in [6.45, 7) is 6.01. The third kappa shape index (κ3) is 4.25. The fraction of sp³-hybridized carbons (Fsp3) is 0.533. The number of carboxylic acid groups (broad SMARTS) is 1. The van der Waals surface area contributed by atoms with Crippen molar-refractivity contribution >= 4 is 17.6 Å². The number of halogens is 1. The summed E-state index contributed by atoms with van der Waals surface area (Å²) in [5.41, 5.74) is -0.0130. The van der Waals surface area contributed by atoms with E-state index >= 15 is 0 Å². The molecule has 1 aromatic rings. The molecule has 1 aliphatic heterocycles. The first-order valence-electron chi connectivity index (χ1n) is 7.26. The van der Waals surface area contributed by atoms with Crippen molar-refractivity contribution in [2.24, 2.45) is 0 Å². The normalized spacial score (nSPS) is 15.1. The number of quaternary nitrogens is 1. The Labute approximate surface area is 129 Å². The van der Waals surface area contributed by atoms with Gasteiger partial charge in [0.1, 0.15) is 13.2 Å². The van der Waals surface area contributed by atoms with E-state index in [1.807, 2.05) is 6.92 Å². The van der Waals surface area contributed by atoms with Crippen molar-refractivity contribution in [3.63, 3.8) is 0 Å². The van der Waals surface area contributed by atoms with Crippen LogP contribution in [-0.2, 0) is 0 Å². The van der Waals surface area contributed by atoms with Crippen LogP contribution in [0.25, 0.3) is 0 Å². The molecule has 0 unspecified atom stereocenters. The van der Waals surface area contributed by atoms with Crippen LogP contribution in [0.4, 0.5) is 0 Å². The second-order valence-corrected chi connectivity index (χ2v) is 5.47. The predicted molar refractivity (Wildman–Crippen MR) is 77.2 cm³/mol. The molecular weight excluding hydrogens is 294 g/mol. The Bertz CT molecular complexity index is 501. The second-order valence-electron chi connectivity index (χ2n) is 5.06. The predicted octanol–water partition coefficient (Wildman–Crippen LogP) is 0.160. The van der Waals surface area contributed by atoms with E-state index in [2.05, 4.69) is 0 Å². The lowest BCUT2D eigenvalue weighted by Gasteiger charge is -2.17. The van der Waals surface area contributed by atoms with Crippen LogP contribution in [0.2, 0.25) is 5.02 Å². The van der Waals surface area contributed by atoms with Gasteiger partial charge in [0.25, 0.3) is 0 Å². The van der Waals surface area contributed by atoms with E-state index in [4.69, 9.17) is 21.1 Å². The Hall–Kier alpha value is -1.46. The molecule has 0 atom stereocenters. The molecule has 5 nitrogen and oxygen atoms in total. The topological polar surface area (TPSA) is 63.0 Å². The Morgan fingerprint density at radius 2 is 2.05 bits per heavy atom. The number of likely N-dealkylation sites (tertiary alicyclic amines) is 1. The van der Waals surface area contributed by atoms with Gasteiger partial charge in [0.15, 0.2) is 11.5 Å². The van der Waals surface area contributed by atoms with E-state index in [9.17, 15) is 9.90 Å². The number of carbonyl (C=O) groups is 1. The summed E-state index contributed by atoms with van der Waals surface area (Å²) in [6.07, 6.45) is 2.53. The summed E-state index contributed by atoms with van der Waals surface area (Å²) in [5.74, 6) is -0.534. The first-order chi connectivity index (χ1) is 10.1. The molecule has 116 valence electrons. The number of ether oxygens (including phenoxy) is 2.